The molecule has 0 bridgehead atoms. The molecule has 0 saturated carbocycles. The highest BCUT2D eigenvalue weighted by Crippen LogP contribution is 2.28. The molecular weight excluding hydrogens is 366 g/mol. The van der Waals surface area contributed by atoms with E-state index >= 15 is 0 Å². The summed E-state index contributed by atoms with van der Waals surface area (Å²) < 4.78 is 18.7. The van der Waals surface area contributed by atoms with Gasteiger partial charge in [-0.1, -0.05) is 41.9 Å². The summed E-state index contributed by atoms with van der Waals surface area (Å²) in [7, 11) is 0. The number of carbonyl (C=O) groups is 1. The van der Waals surface area contributed by atoms with Gasteiger partial charge >= 0.3 is 0 Å². The van der Waals surface area contributed by atoms with E-state index in [1.165, 1.54) is 12.1 Å². The lowest BCUT2D eigenvalue weighted by Gasteiger charge is -2.27. The quantitative estimate of drug-likeness (QED) is 0.851. The van der Waals surface area contributed by atoms with E-state index in [0.29, 0.717) is 18.2 Å². The van der Waals surface area contributed by atoms with Crippen LogP contribution in [0.2, 0.25) is 5.02 Å². The average Bonchev–Trinajstić information content (AvgIpc) is 2.62. The second-order valence-corrected chi connectivity index (χ2v) is 5.99. The molecule has 2 aromatic rings. The lowest BCUT2D eigenvalue weighted by molar-refractivity contribution is -0.134. The van der Waals surface area contributed by atoms with Crippen molar-refractivity contribution >= 4 is 29.9 Å². The summed E-state index contributed by atoms with van der Waals surface area (Å²) in [5, 5.41) is 6.63. The van der Waals surface area contributed by atoms with E-state index in [4.69, 9.17) is 16.3 Å². The van der Waals surface area contributed by atoms with Gasteiger partial charge in [-0.05, 0) is 29.3 Å². The molecule has 1 amide bonds. The molecule has 0 aliphatic carbocycles. The smallest absolute Gasteiger partial charge is 0.251 e. The van der Waals surface area contributed by atoms with Crippen LogP contribution >= 0.6 is 24.0 Å². The van der Waals surface area contributed by atoms with Crippen molar-refractivity contribution in [3.63, 3.8) is 0 Å². The molecule has 1 heterocycles. The summed E-state index contributed by atoms with van der Waals surface area (Å²) in [5.41, 5.74) is 1.50. The van der Waals surface area contributed by atoms with Crippen molar-refractivity contribution in [3.05, 3.63) is 70.5 Å². The van der Waals surface area contributed by atoms with Crippen molar-refractivity contribution in [3.8, 4) is 0 Å². The zero-order valence-corrected chi connectivity index (χ0v) is 14.9. The first-order chi connectivity index (χ1) is 11.6. The molecule has 4 nitrogen and oxygen atoms in total. The van der Waals surface area contributed by atoms with Crippen LogP contribution < -0.4 is 10.6 Å². The van der Waals surface area contributed by atoms with E-state index in [1.54, 1.807) is 18.2 Å². The second-order valence-electron chi connectivity index (χ2n) is 5.58. The predicted octanol–water partition coefficient (Wildman–Crippen LogP) is 3.09. The minimum absolute atomic E-state index is 0. The molecular formula is C18H19Cl2FN2O2. The number of morpholine rings is 1. The fourth-order valence-corrected chi connectivity index (χ4v) is 2.92. The molecule has 0 aromatic heterocycles. The van der Waals surface area contributed by atoms with Gasteiger partial charge in [-0.25, -0.2) is 4.39 Å². The maximum Gasteiger partial charge on any atom is 0.251 e. The number of halogens is 3. The maximum absolute atomic E-state index is 13.2. The molecule has 1 aliphatic rings. The summed E-state index contributed by atoms with van der Waals surface area (Å²) in [4.78, 5) is 12.5. The van der Waals surface area contributed by atoms with Gasteiger partial charge in [-0.3, -0.25) is 4.79 Å². The van der Waals surface area contributed by atoms with Gasteiger partial charge in [-0.2, -0.15) is 0 Å². The monoisotopic (exact) mass is 384 g/mol. The highest BCUT2D eigenvalue weighted by molar-refractivity contribution is 6.31. The molecule has 134 valence electrons. The van der Waals surface area contributed by atoms with Gasteiger partial charge in [0.25, 0.3) is 5.91 Å². The third kappa shape index (κ3) is 4.92. The molecule has 7 heteroatoms. The molecule has 1 aliphatic heterocycles. The largest absolute Gasteiger partial charge is 0.366 e. The Morgan fingerprint density at radius 2 is 1.96 bits per heavy atom. The number of nitrogens with one attached hydrogen (secondary N) is 2. The first kappa shape index (κ1) is 19.7. The van der Waals surface area contributed by atoms with E-state index in [9.17, 15) is 9.18 Å². The molecule has 1 fully saturated rings. The Morgan fingerprint density at radius 1 is 1.24 bits per heavy atom. The average molecular weight is 385 g/mol. The topological polar surface area (TPSA) is 50.4 Å². The van der Waals surface area contributed by atoms with Crippen LogP contribution in [0.1, 0.15) is 17.2 Å². The van der Waals surface area contributed by atoms with E-state index in [-0.39, 0.29) is 24.1 Å². The van der Waals surface area contributed by atoms with E-state index < -0.39 is 12.1 Å². The zero-order chi connectivity index (χ0) is 16.9. The minimum atomic E-state index is -0.552. The highest BCUT2D eigenvalue weighted by Gasteiger charge is 2.26. The second kappa shape index (κ2) is 9.15. The molecule has 25 heavy (non-hydrogen) atoms. The van der Waals surface area contributed by atoms with Gasteiger partial charge < -0.3 is 15.4 Å². The van der Waals surface area contributed by atoms with Crippen LogP contribution in [-0.2, 0) is 9.53 Å². The Kier molecular flexibility index (Phi) is 7.20. The van der Waals surface area contributed by atoms with Gasteiger partial charge in [-0.15, -0.1) is 12.4 Å². The zero-order valence-electron chi connectivity index (χ0n) is 13.4. The minimum Gasteiger partial charge on any atom is -0.366 e. The van der Waals surface area contributed by atoms with Crippen molar-refractivity contribution < 1.29 is 13.9 Å². The SMILES string of the molecule is Cl.O=C(NC(c1ccc(F)cc1)c1ccccc1Cl)C1CNCCO1. The molecule has 2 atom stereocenters. The van der Waals surface area contributed by atoms with Crippen LogP contribution in [0.3, 0.4) is 0 Å². The highest BCUT2D eigenvalue weighted by atomic mass is 35.5. The Bertz CT molecular complexity index is 706. The number of rotatable bonds is 4. The van der Waals surface area contributed by atoms with Crippen LogP contribution in [0.5, 0.6) is 0 Å². The summed E-state index contributed by atoms with van der Waals surface area (Å²) >= 11 is 6.30. The van der Waals surface area contributed by atoms with Crippen LogP contribution in [0.4, 0.5) is 4.39 Å². The predicted molar refractivity (Wildman–Crippen MR) is 97.7 cm³/mol. The van der Waals surface area contributed by atoms with Crippen molar-refractivity contribution in [1.82, 2.24) is 10.6 Å². The van der Waals surface area contributed by atoms with E-state index in [2.05, 4.69) is 10.6 Å². The first-order valence-corrected chi connectivity index (χ1v) is 8.15. The molecule has 2 N–H and O–H groups in total. The van der Waals surface area contributed by atoms with Gasteiger partial charge in [0.15, 0.2) is 0 Å². The summed E-state index contributed by atoms with van der Waals surface area (Å²) in [6, 6.07) is 12.8. The number of carbonyl (C=O) groups excluding carboxylic acids is 1. The fourth-order valence-electron chi connectivity index (χ4n) is 2.67. The first-order valence-electron chi connectivity index (χ1n) is 7.78. The van der Waals surface area contributed by atoms with Crippen LogP contribution in [-0.4, -0.2) is 31.7 Å². The number of amides is 1. The van der Waals surface area contributed by atoms with Crippen molar-refractivity contribution in [2.24, 2.45) is 0 Å². The standard InChI is InChI=1S/C18H18ClFN2O2.ClH/c19-15-4-2-1-3-14(15)17(12-5-7-13(20)8-6-12)22-18(23)16-11-21-9-10-24-16;/h1-8,16-17,21H,9-11H2,(H,22,23);1H. The lowest BCUT2D eigenvalue weighted by Crippen LogP contribution is -2.48. The third-order valence-corrected chi connectivity index (χ3v) is 4.27. The molecule has 0 spiro atoms. The van der Waals surface area contributed by atoms with E-state index in [1.807, 2.05) is 18.2 Å². The number of ether oxygens (including phenoxy) is 1. The molecule has 2 aromatic carbocycles. The normalized spacial score (nSPS) is 18.1. The van der Waals surface area contributed by atoms with Crippen molar-refractivity contribution in [1.29, 1.82) is 0 Å². The Morgan fingerprint density at radius 3 is 2.60 bits per heavy atom. The Balaban J connectivity index is 0.00000225. The van der Waals surface area contributed by atoms with Gasteiger partial charge in [0.2, 0.25) is 0 Å². The third-order valence-electron chi connectivity index (χ3n) is 3.93. The summed E-state index contributed by atoms with van der Waals surface area (Å²) in [6.45, 7) is 1.69. The number of benzene rings is 2. The lowest BCUT2D eigenvalue weighted by atomic mass is 9.98. The maximum atomic E-state index is 13.2. The number of hydrogen-bond acceptors (Lipinski definition) is 3. The Hall–Kier alpha value is -1.66. The molecule has 1 saturated heterocycles. The van der Waals surface area contributed by atoms with E-state index in [0.717, 1.165) is 17.7 Å². The number of hydrogen-bond donors (Lipinski definition) is 2. The Labute approximate surface area is 157 Å². The van der Waals surface area contributed by atoms with Crippen LogP contribution in [0.15, 0.2) is 48.5 Å². The fraction of sp³-hybridized carbons (Fsp3) is 0.278. The molecule has 3 rings (SSSR count). The van der Waals surface area contributed by atoms with Crippen molar-refractivity contribution in [2.45, 2.75) is 12.1 Å². The van der Waals surface area contributed by atoms with Crippen LogP contribution in [0.25, 0.3) is 0 Å². The van der Waals surface area contributed by atoms with Gasteiger partial charge in [0.05, 0.1) is 12.6 Å². The molecule has 0 radical (unpaired) electrons. The molecule has 2 unspecified atom stereocenters. The summed E-state index contributed by atoms with van der Waals surface area (Å²) in [6.07, 6.45) is -0.552. The van der Waals surface area contributed by atoms with Crippen molar-refractivity contribution in [2.75, 3.05) is 19.7 Å². The van der Waals surface area contributed by atoms with Gasteiger partial charge in [0.1, 0.15) is 11.9 Å². The summed E-state index contributed by atoms with van der Waals surface area (Å²) in [5.74, 6) is -0.556. The van der Waals surface area contributed by atoms with Crippen LogP contribution in [0, 0.1) is 5.82 Å². The van der Waals surface area contributed by atoms with Gasteiger partial charge in [0, 0.05) is 18.1 Å².